The number of nitrogens with one attached hydrogen (secondary N) is 1. The maximum atomic E-state index is 12.3. The van der Waals surface area contributed by atoms with Gasteiger partial charge in [-0.2, -0.15) is 0 Å². The highest BCUT2D eigenvalue weighted by molar-refractivity contribution is 5.93. The molecule has 1 N–H and O–H groups in total. The van der Waals surface area contributed by atoms with Crippen LogP contribution in [0.3, 0.4) is 0 Å². The van der Waals surface area contributed by atoms with Crippen LogP contribution < -0.4 is 10.2 Å². The zero-order valence-electron chi connectivity index (χ0n) is 16.6. The molecule has 5 nitrogen and oxygen atoms in total. The molecular weight excluding hydrogens is 362 g/mol. The summed E-state index contributed by atoms with van der Waals surface area (Å²) < 4.78 is 0. The summed E-state index contributed by atoms with van der Waals surface area (Å²) in [6.07, 6.45) is 1.75. The topological polar surface area (TPSA) is 62.3 Å². The SMILES string of the molecule is CNC(=O)c1cccc(-c2ccc3c(c2)CCc2ccccc2N(C(C)=O)C3)n1. The minimum Gasteiger partial charge on any atom is -0.354 e. The van der Waals surface area contributed by atoms with Gasteiger partial charge in [0.05, 0.1) is 12.2 Å². The third-order valence-electron chi connectivity index (χ3n) is 5.37. The molecule has 0 bridgehead atoms. The van der Waals surface area contributed by atoms with Crippen molar-refractivity contribution in [3.63, 3.8) is 0 Å². The number of rotatable bonds is 2. The monoisotopic (exact) mass is 385 g/mol. The van der Waals surface area contributed by atoms with Crippen molar-refractivity contribution in [2.75, 3.05) is 11.9 Å². The summed E-state index contributed by atoms with van der Waals surface area (Å²) in [5.41, 5.74) is 6.65. The van der Waals surface area contributed by atoms with Crippen LogP contribution in [-0.4, -0.2) is 23.8 Å². The predicted molar refractivity (Wildman–Crippen MR) is 114 cm³/mol. The van der Waals surface area contributed by atoms with Gasteiger partial charge in [-0.05, 0) is 53.8 Å². The lowest BCUT2D eigenvalue weighted by molar-refractivity contribution is -0.116. The van der Waals surface area contributed by atoms with Gasteiger partial charge in [-0.15, -0.1) is 0 Å². The van der Waals surface area contributed by atoms with Crippen molar-refractivity contribution >= 4 is 17.5 Å². The Hall–Kier alpha value is -3.47. The Balaban J connectivity index is 1.73. The first-order chi connectivity index (χ1) is 14.1. The number of aromatic nitrogens is 1. The third kappa shape index (κ3) is 3.76. The number of carbonyl (C=O) groups is 2. The van der Waals surface area contributed by atoms with Crippen molar-refractivity contribution in [2.24, 2.45) is 0 Å². The molecule has 0 saturated heterocycles. The number of benzene rings is 2. The molecular formula is C24H23N3O2. The van der Waals surface area contributed by atoms with Crippen molar-refractivity contribution < 1.29 is 9.59 Å². The zero-order chi connectivity index (χ0) is 20.4. The van der Waals surface area contributed by atoms with E-state index in [1.165, 1.54) is 11.1 Å². The zero-order valence-corrected chi connectivity index (χ0v) is 16.6. The van der Waals surface area contributed by atoms with Crippen LogP contribution in [0.1, 0.15) is 34.1 Å². The van der Waals surface area contributed by atoms with Crippen molar-refractivity contribution in [2.45, 2.75) is 26.3 Å². The van der Waals surface area contributed by atoms with E-state index in [0.717, 1.165) is 35.3 Å². The lowest BCUT2D eigenvalue weighted by Gasteiger charge is -2.28. The maximum absolute atomic E-state index is 12.3. The largest absolute Gasteiger partial charge is 0.354 e. The highest BCUT2D eigenvalue weighted by Crippen LogP contribution is 2.30. The fraction of sp³-hybridized carbons (Fsp3) is 0.208. The third-order valence-corrected chi connectivity index (χ3v) is 5.37. The Morgan fingerprint density at radius 2 is 1.72 bits per heavy atom. The number of carbonyl (C=O) groups excluding carboxylic acids is 2. The second kappa shape index (κ2) is 7.87. The molecule has 5 heteroatoms. The van der Waals surface area contributed by atoms with E-state index in [2.05, 4.69) is 28.5 Å². The summed E-state index contributed by atoms with van der Waals surface area (Å²) >= 11 is 0. The van der Waals surface area contributed by atoms with Crippen LogP contribution in [0.25, 0.3) is 11.3 Å². The van der Waals surface area contributed by atoms with Gasteiger partial charge in [0, 0.05) is 25.2 Å². The maximum Gasteiger partial charge on any atom is 0.269 e. The second-order valence-corrected chi connectivity index (χ2v) is 7.20. The van der Waals surface area contributed by atoms with Gasteiger partial charge in [0.2, 0.25) is 5.91 Å². The number of para-hydroxylation sites is 1. The molecule has 0 aliphatic carbocycles. The first kappa shape index (κ1) is 18.9. The number of anilines is 1. The van der Waals surface area contributed by atoms with E-state index in [9.17, 15) is 9.59 Å². The molecule has 0 atom stereocenters. The number of amides is 2. The van der Waals surface area contributed by atoms with Crippen LogP contribution in [0.5, 0.6) is 0 Å². The van der Waals surface area contributed by atoms with Gasteiger partial charge in [-0.3, -0.25) is 9.59 Å². The van der Waals surface area contributed by atoms with E-state index < -0.39 is 0 Å². The molecule has 2 amide bonds. The minimum absolute atomic E-state index is 0.0364. The normalized spacial score (nSPS) is 13.0. The van der Waals surface area contributed by atoms with Crippen LogP contribution in [0, 0.1) is 0 Å². The van der Waals surface area contributed by atoms with E-state index in [4.69, 9.17) is 0 Å². The van der Waals surface area contributed by atoms with E-state index in [-0.39, 0.29) is 11.8 Å². The summed E-state index contributed by atoms with van der Waals surface area (Å²) in [6, 6.07) is 19.8. The number of fused-ring (bicyclic) bond motifs is 2. The number of hydrogen-bond donors (Lipinski definition) is 1. The quantitative estimate of drug-likeness (QED) is 0.731. The first-order valence-electron chi connectivity index (χ1n) is 9.74. The molecule has 2 aromatic carbocycles. The van der Waals surface area contributed by atoms with Crippen LogP contribution in [0.15, 0.2) is 60.7 Å². The average molecular weight is 385 g/mol. The molecule has 0 fully saturated rings. The molecule has 3 aromatic rings. The summed E-state index contributed by atoms with van der Waals surface area (Å²) in [4.78, 5) is 30.6. The van der Waals surface area contributed by atoms with Crippen LogP contribution in [0.2, 0.25) is 0 Å². The average Bonchev–Trinajstić information content (AvgIpc) is 2.74. The molecule has 1 aliphatic rings. The van der Waals surface area contributed by atoms with Crippen LogP contribution in [-0.2, 0) is 24.2 Å². The van der Waals surface area contributed by atoms with Gasteiger partial charge in [-0.1, -0.05) is 36.4 Å². The predicted octanol–water partition coefficient (Wildman–Crippen LogP) is 3.76. The standard InChI is InChI=1S/C24H23N3O2/c1-16(28)27-15-20-13-12-19(21-7-5-8-22(26-21)24(29)25-2)14-18(20)11-10-17-6-3-4-9-23(17)27/h3-9,12-14H,10-11,15H2,1-2H3,(H,25,29). The summed E-state index contributed by atoms with van der Waals surface area (Å²) in [7, 11) is 1.60. The van der Waals surface area contributed by atoms with E-state index in [0.29, 0.717) is 12.2 Å². The molecule has 0 spiro atoms. The second-order valence-electron chi connectivity index (χ2n) is 7.20. The number of hydrogen-bond acceptors (Lipinski definition) is 3. The van der Waals surface area contributed by atoms with Gasteiger partial charge in [0.15, 0.2) is 0 Å². The fourth-order valence-electron chi connectivity index (χ4n) is 3.81. The van der Waals surface area contributed by atoms with Gasteiger partial charge < -0.3 is 10.2 Å². The molecule has 146 valence electrons. The van der Waals surface area contributed by atoms with Crippen LogP contribution >= 0.6 is 0 Å². The van der Waals surface area contributed by atoms with Gasteiger partial charge in [-0.25, -0.2) is 4.98 Å². The van der Waals surface area contributed by atoms with Crippen molar-refractivity contribution in [3.8, 4) is 11.3 Å². The minimum atomic E-state index is -0.202. The molecule has 0 saturated carbocycles. The van der Waals surface area contributed by atoms with Crippen molar-refractivity contribution in [1.82, 2.24) is 10.3 Å². The van der Waals surface area contributed by atoms with Gasteiger partial charge >= 0.3 is 0 Å². The summed E-state index contributed by atoms with van der Waals surface area (Å²) in [5.74, 6) is -0.166. The molecule has 0 unspecified atom stereocenters. The number of pyridine rings is 1. The first-order valence-corrected chi connectivity index (χ1v) is 9.74. The molecule has 1 aromatic heterocycles. The van der Waals surface area contributed by atoms with Gasteiger partial charge in [0.1, 0.15) is 5.69 Å². The number of nitrogens with zero attached hydrogens (tertiary/aromatic N) is 2. The molecule has 1 aliphatic heterocycles. The molecule has 29 heavy (non-hydrogen) atoms. The summed E-state index contributed by atoms with van der Waals surface area (Å²) in [5, 5.41) is 2.61. The van der Waals surface area contributed by atoms with Crippen molar-refractivity contribution in [3.05, 3.63) is 83.0 Å². The Morgan fingerprint density at radius 3 is 2.52 bits per heavy atom. The Bertz CT molecular complexity index is 1090. The number of aryl methyl sites for hydroxylation is 2. The lowest BCUT2D eigenvalue weighted by Crippen LogP contribution is -2.30. The molecule has 2 heterocycles. The van der Waals surface area contributed by atoms with E-state index in [1.54, 1.807) is 20.0 Å². The van der Waals surface area contributed by atoms with Crippen molar-refractivity contribution in [1.29, 1.82) is 0 Å². The highest BCUT2D eigenvalue weighted by Gasteiger charge is 2.20. The fourth-order valence-corrected chi connectivity index (χ4v) is 3.81. The smallest absolute Gasteiger partial charge is 0.269 e. The highest BCUT2D eigenvalue weighted by atomic mass is 16.2. The van der Waals surface area contributed by atoms with E-state index >= 15 is 0 Å². The molecule has 4 rings (SSSR count). The Morgan fingerprint density at radius 1 is 0.931 bits per heavy atom. The Kier molecular flexibility index (Phi) is 5.12. The van der Waals surface area contributed by atoms with Gasteiger partial charge in [0.25, 0.3) is 5.91 Å². The lowest BCUT2D eigenvalue weighted by atomic mass is 9.93. The summed E-state index contributed by atoms with van der Waals surface area (Å²) in [6.45, 7) is 2.16. The molecule has 0 radical (unpaired) electrons. The van der Waals surface area contributed by atoms with E-state index in [1.807, 2.05) is 41.3 Å². The van der Waals surface area contributed by atoms with Crippen LogP contribution in [0.4, 0.5) is 5.69 Å². The Labute approximate surface area is 170 Å².